The van der Waals surface area contributed by atoms with Crippen LogP contribution in [0.5, 0.6) is 0 Å². The van der Waals surface area contributed by atoms with E-state index in [-0.39, 0.29) is 5.60 Å². The Morgan fingerprint density at radius 2 is 1.73 bits per heavy atom. The highest BCUT2D eigenvalue weighted by atomic mass is 16.5. The molecule has 0 aromatic carbocycles. The molecule has 2 rings (SSSR count). The van der Waals surface area contributed by atoms with E-state index in [0.29, 0.717) is 0 Å². The first-order valence-corrected chi connectivity index (χ1v) is 6.65. The van der Waals surface area contributed by atoms with Crippen LogP contribution >= 0.6 is 0 Å². The molecular formula is C13H25NO. The van der Waals surface area contributed by atoms with Gasteiger partial charge in [-0.3, -0.25) is 0 Å². The van der Waals surface area contributed by atoms with E-state index in [4.69, 9.17) is 4.74 Å². The monoisotopic (exact) mass is 211 g/mol. The predicted molar refractivity (Wildman–Crippen MR) is 63.1 cm³/mol. The van der Waals surface area contributed by atoms with Crippen LogP contribution in [0.3, 0.4) is 0 Å². The molecule has 0 aromatic heterocycles. The molecule has 0 radical (unpaired) electrons. The fourth-order valence-electron chi connectivity index (χ4n) is 2.29. The van der Waals surface area contributed by atoms with Gasteiger partial charge in [-0.25, -0.2) is 0 Å². The van der Waals surface area contributed by atoms with Gasteiger partial charge in [0.05, 0.1) is 5.60 Å². The summed E-state index contributed by atoms with van der Waals surface area (Å²) in [4.78, 5) is 2.62. The molecule has 0 unspecified atom stereocenters. The van der Waals surface area contributed by atoms with Crippen LogP contribution in [-0.2, 0) is 4.74 Å². The second kappa shape index (κ2) is 5.31. The zero-order valence-corrected chi connectivity index (χ0v) is 10.1. The molecule has 2 aliphatic rings. The van der Waals surface area contributed by atoms with Crippen LogP contribution in [0.15, 0.2) is 0 Å². The fraction of sp³-hybridized carbons (Fsp3) is 1.00. The molecule has 2 heteroatoms. The average Bonchev–Trinajstić information content (AvgIpc) is 2.98. The van der Waals surface area contributed by atoms with Crippen molar-refractivity contribution in [2.24, 2.45) is 0 Å². The molecule has 0 aromatic rings. The summed E-state index contributed by atoms with van der Waals surface area (Å²) in [5, 5.41) is 0. The molecule has 2 fully saturated rings. The first kappa shape index (κ1) is 11.4. The summed E-state index contributed by atoms with van der Waals surface area (Å²) in [5.74, 6) is 0. The smallest absolute Gasteiger partial charge is 0.0656 e. The summed E-state index contributed by atoms with van der Waals surface area (Å²) in [6, 6.07) is 0. The van der Waals surface area contributed by atoms with E-state index in [1.54, 1.807) is 0 Å². The van der Waals surface area contributed by atoms with Crippen LogP contribution in [0.1, 0.15) is 51.9 Å². The zero-order chi connectivity index (χ0) is 10.6. The molecule has 0 amide bonds. The SMILES string of the molecule is CC1(OCCCN2CCCCCC2)CC1. The Morgan fingerprint density at radius 3 is 2.33 bits per heavy atom. The maximum absolute atomic E-state index is 5.84. The number of rotatable bonds is 5. The summed E-state index contributed by atoms with van der Waals surface area (Å²) in [6.45, 7) is 7.08. The molecule has 1 heterocycles. The van der Waals surface area contributed by atoms with Crippen LogP contribution < -0.4 is 0 Å². The van der Waals surface area contributed by atoms with Crippen molar-refractivity contribution in [3.63, 3.8) is 0 Å². The van der Waals surface area contributed by atoms with E-state index >= 15 is 0 Å². The van der Waals surface area contributed by atoms with Gasteiger partial charge in [0, 0.05) is 13.2 Å². The third-order valence-electron chi connectivity index (χ3n) is 3.72. The van der Waals surface area contributed by atoms with Crippen molar-refractivity contribution in [3.05, 3.63) is 0 Å². The van der Waals surface area contributed by atoms with Crippen molar-refractivity contribution >= 4 is 0 Å². The summed E-state index contributed by atoms with van der Waals surface area (Å²) < 4.78 is 5.84. The highest BCUT2D eigenvalue weighted by Gasteiger charge is 2.38. The van der Waals surface area contributed by atoms with Crippen LogP contribution in [0, 0.1) is 0 Å². The van der Waals surface area contributed by atoms with Crippen LogP contribution in [-0.4, -0.2) is 36.7 Å². The lowest BCUT2D eigenvalue weighted by molar-refractivity contribution is 0.0403. The van der Waals surface area contributed by atoms with Gasteiger partial charge in [-0.15, -0.1) is 0 Å². The second-order valence-corrected chi connectivity index (χ2v) is 5.41. The molecule has 1 saturated carbocycles. The molecule has 0 atom stereocenters. The van der Waals surface area contributed by atoms with E-state index < -0.39 is 0 Å². The Balaban J connectivity index is 1.52. The maximum atomic E-state index is 5.84. The van der Waals surface area contributed by atoms with Crippen molar-refractivity contribution in [2.45, 2.75) is 57.5 Å². The second-order valence-electron chi connectivity index (χ2n) is 5.41. The minimum absolute atomic E-state index is 0.277. The minimum atomic E-state index is 0.277. The third-order valence-corrected chi connectivity index (χ3v) is 3.72. The number of likely N-dealkylation sites (tertiary alicyclic amines) is 1. The van der Waals surface area contributed by atoms with Crippen LogP contribution in [0.25, 0.3) is 0 Å². The van der Waals surface area contributed by atoms with Gasteiger partial charge in [-0.1, -0.05) is 12.8 Å². The normalized spacial score (nSPS) is 26.2. The lowest BCUT2D eigenvalue weighted by Gasteiger charge is -2.20. The summed E-state index contributed by atoms with van der Waals surface area (Å²) in [7, 11) is 0. The van der Waals surface area contributed by atoms with E-state index in [2.05, 4.69) is 11.8 Å². The zero-order valence-electron chi connectivity index (χ0n) is 10.1. The molecule has 0 spiro atoms. The van der Waals surface area contributed by atoms with Gasteiger partial charge < -0.3 is 9.64 Å². The largest absolute Gasteiger partial charge is 0.375 e. The van der Waals surface area contributed by atoms with Crippen molar-refractivity contribution in [1.82, 2.24) is 4.90 Å². The average molecular weight is 211 g/mol. The number of hydrogen-bond donors (Lipinski definition) is 0. The van der Waals surface area contributed by atoms with E-state index in [1.807, 2.05) is 0 Å². The Morgan fingerprint density at radius 1 is 1.07 bits per heavy atom. The third kappa shape index (κ3) is 4.12. The molecular weight excluding hydrogens is 186 g/mol. The number of ether oxygens (including phenoxy) is 1. The van der Waals surface area contributed by atoms with E-state index in [0.717, 1.165) is 6.61 Å². The first-order chi connectivity index (χ1) is 7.29. The van der Waals surface area contributed by atoms with E-state index in [1.165, 1.54) is 64.6 Å². The molecule has 1 saturated heterocycles. The van der Waals surface area contributed by atoms with Crippen LogP contribution in [0.2, 0.25) is 0 Å². The van der Waals surface area contributed by atoms with Crippen molar-refractivity contribution in [1.29, 1.82) is 0 Å². The summed E-state index contributed by atoms with van der Waals surface area (Å²) >= 11 is 0. The van der Waals surface area contributed by atoms with Gasteiger partial charge in [0.1, 0.15) is 0 Å². The Labute approximate surface area is 94.0 Å². The van der Waals surface area contributed by atoms with E-state index in [9.17, 15) is 0 Å². The maximum Gasteiger partial charge on any atom is 0.0656 e. The molecule has 0 bridgehead atoms. The molecule has 2 nitrogen and oxygen atoms in total. The quantitative estimate of drug-likeness (QED) is 0.648. The predicted octanol–water partition coefficient (Wildman–Crippen LogP) is 2.82. The van der Waals surface area contributed by atoms with Gasteiger partial charge in [0.15, 0.2) is 0 Å². The lowest BCUT2D eigenvalue weighted by Crippen LogP contribution is -2.27. The van der Waals surface area contributed by atoms with Crippen molar-refractivity contribution in [2.75, 3.05) is 26.2 Å². The van der Waals surface area contributed by atoms with Crippen molar-refractivity contribution in [3.8, 4) is 0 Å². The van der Waals surface area contributed by atoms with Gasteiger partial charge in [0.2, 0.25) is 0 Å². The Hall–Kier alpha value is -0.0800. The van der Waals surface area contributed by atoms with Gasteiger partial charge >= 0.3 is 0 Å². The molecule has 0 N–H and O–H groups in total. The molecule has 1 aliphatic heterocycles. The first-order valence-electron chi connectivity index (χ1n) is 6.65. The topological polar surface area (TPSA) is 12.5 Å². The molecule has 88 valence electrons. The van der Waals surface area contributed by atoms with Gasteiger partial charge in [0.25, 0.3) is 0 Å². The lowest BCUT2D eigenvalue weighted by atomic mass is 10.2. The van der Waals surface area contributed by atoms with Gasteiger partial charge in [-0.2, -0.15) is 0 Å². The molecule has 15 heavy (non-hydrogen) atoms. The number of nitrogens with zero attached hydrogens (tertiary/aromatic N) is 1. The number of hydrogen-bond acceptors (Lipinski definition) is 2. The molecule has 1 aliphatic carbocycles. The Kier molecular flexibility index (Phi) is 4.04. The summed E-state index contributed by atoms with van der Waals surface area (Å²) in [5.41, 5.74) is 0.277. The Bertz CT molecular complexity index is 181. The standard InChI is InChI=1S/C13H25NO/c1-13(7-8-13)15-12-6-11-14-9-4-2-3-5-10-14/h2-12H2,1H3. The summed E-state index contributed by atoms with van der Waals surface area (Å²) in [6.07, 6.45) is 9.44. The fourth-order valence-corrected chi connectivity index (χ4v) is 2.29. The van der Waals surface area contributed by atoms with Gasteiger partial charge in [-0.05, 0) is 52.1 Å². The minimum Gasteiger partial charge on any atom is -0.375 e. The van der Waals surface area contributed by atoms with Crippen LogP contribution in [0.4, 0.5) is 0 Å². The highest BCUT2D eigenvalue weighted by molar-refractivity contribution is 4.90. The highest BCUT2D eigenvalue weighted by Crippen LogP contribution is 2.38. The van der Waals surface area contributed by atoms with Crippen molar-refractivity contribution < 1.29 is 4.74 Å².